The number of anilines is 1. The Morgan fingerprint density at radius 1 is 1.00 bits per heavy atom. The molecule has 3 rings (SSSR count). The molecule has 0 saturated carbocycles. The van der Waals surface area contributed by atoms with Gasteiger partial charge in [-0.3, -0.25) is 4.79 Å². The van der Waals surface area contributed by atoms with Crippen LogP contribution >= 0.6 is 0 Å². The Labute approximate surface area is 119 Å². The lowest BCUT2D eigenvalue weighted by molar-refractivity contribution is -0.137. The molecule has 5 heteroatoms. The molecule has 0 bridgehead atoms. The predicted octanol–water partition coefficient (Wildman–Crippen LogP) is 3.95. The molecule has 1 N–H and O–H groups in total. The van der Waals surface area contributed by atoms with Gasteiger partial charge in [-0.15, -0.1) is 0 Å². The Morgan fingerprint density at radius 2 is 1.67 bits per heavy atom. The first-order chi connectivity index (χ1) is 9.93. The maximum atomic E-state index is 12.5. The minimum Gasteiger partial charge on any atom is -0.325 e. The first-order valence-electron chi connectivity index (χ1n) is 6.29. The Kier molecular flexibility index (Phi) is 3.20. The van der Waals surface area contributed by atoms with E-state index in [1.165, 1.54) is 12.1 Å². The summed E-state index contributed by atoms with van der Waals surface area (Å²) in [7, 11) is 0. The lowest BCUT2D eigenvalue weighted by atomic mass is 9.96. The monoisotopic (exact) mass is 289 g/mol. The third-order valence-corrected chi connectivity index (χ3v) is 3.34. The molecule has 0 unspecified atom stereocenters. The number of alkyl halides is 3. The summed E-state index contributed by atoms with van der Waals surface area (Å²) in [6, 6.07) is 10.4. The molecule has 1 amide bonds. The van der Waals surface area contributed by atoms with Crippen molar-refractivity contribution in [2.75, 3.05) is 5.32 Å². The lowest BCUT2D eigenvalue weighted by Crippen LogP contribution is -2.19. The van der Waals surface area contributed by atoms with Crippen LogP contribution in [0.5, 0.6) is 0 Å². The standard InChI is InChI=1S/C16H10F3NO/c17-16(18,19)13-5-1-10(2-6-13)11-3-7-14-12(9-11)4-8-15(21)20-14/h1-3,5-7,9H,4H2,(H,20,21). The number of rotatable bonds is 1. The summed E-state index contributed by atoms with van der Waals surface area (Å²) < 4.78 is 37.6. The zero-order valence-corrected chi connectivity index (χ0v) is 10.8. The number of fused-ring (bicyclic) bond motifs is 1. The summed E-state index contributed by atoms with van der Waals surface area (Å²) in [4.78, 5) is 11.2. The number of nitrogens with one attached hydrogen (secondary N) is 1. The van der Waals surface area contributed by atoms with Gasteiger partial charge in [-0.25, -0.2) is 0 Å². The summed E-state index contributed by atoms with van der Waals surface area (Å²) in [5, 5.41) is 2.67. The van der Waals surface area contributed by atoms with E-state index in [2.05, 4.69) is 11.7 Å². The molecule has 106 valence electrons. The molecule has 21 heavy (non-hydrogen) atoms. The molecule has 1 aliphatic rings. The highest BCUT2D eigenvalue weighted by molar-refractivity contribution is 6.00. The van der Waals surface area contributed by atoms with Crippen LogP contribution in [0.1, 0.15) is 11.1 Å². The lowest BCUT2D eigenvalue weighted by Gasteiger charge is -2.17. The zero-order valence-electron chi connectivity index (χ0n) is 10.8. The molecule has 2 aromatic carbocycles. The van der Waals surface area contributed by atoms with Gasteiger partial charge in [-0.2, -0.15) is 13.2 Å². The van der Waals surface area contributed by atoms with E-state index in [0.717, 1.165) is 28.9 Å². The minimum absolute atomic E-state index is 0.259. The van der Waals surface area contributed by atoms with Crippen LogP contribution in [0.2, 0.25) is 0 Å². The first kappa shape index (κ1) is 13.7. The van der Waals surface area contributed by atoms with Crippen LogP contribution in [0, 0.1) is 6.42 Å². The van der Waals surface area contributed by atoms with Crippen molar-refractivity contribution in [3.05, 3.63) is 60.0 Å². The molecule has 0 spiro atoms. The van der Waals surface area contributed by atoms with E-state index in [9.17, 15) is 18.0 Å². The van der Waals surface area contributed by atoms with Crippen molar-refractivity contribution >= 4 is 11.6 Å². The van der Waals surface area contributed by atoms with Crippen molar-refractivity contribution in [1.29, 1.82) is 0 Å². The molecule has 2 nitrogen and oxygen atoms in total. The van der Waals surface area contributed by atoms with E-state index in [1.807, 2.05) is 6.07 Å². The van der Waals surface area contributed by atoms with E-state index in [-0.39, 0.29) is 5.91 Å². The maximum absolute atomic E-state index is 12.5. The van der Waals surface area contributed by atoms with Gasteiger partial charge in [0.2, 0.25) is 5.91 Å². The van der Waals surface area contributed by atoms with Crippen LogP contribution in [-0.4, -0.2) is 5.91 Å². The number of hydrogen-bond acceptors (Lipinski definition) is 1. The quantitative estimate of drug-likeness (QED) is 0.846. The summed E-state index contributed by atoms with van der Waals surface area (Å²) in [5.74, 6) is -0.259. The van der Waals surface area contributed by atoms with Crippen molar-refractivity contribution in [2.45, 2.75) is 12.6 Å². The van der Waals surface area contributed by atoms with Crippen LogP contribution in [0.25, 0.3) is 11.1 Å². The number of halogens is 3. The van der Waals surface area contributed by atoms with Gasteiger partial charge in [-0.05, 0) is 47.4 Å². The van der Waals surface area contributed by atoms with E-state index in [1.54, 1.807) is 12.1 Å². The Morgan fingerprint density at radius 3 is 2.33 bits per heavy atom. The van der Waals surface area contributed by atoms with Crippen LogP contribution in [0.3, 0.4) is 0 Å². The van der Waals surface area contributed by atoms with Gasteiger partial charge in [0.1, 0.15) is 0 Å². The molecule has 2 aromatic rings. The number of amides is 1. The van der Waals surface area contributed by atoms with E-state index < -0.39 is 11.7 Å². The molecular formula is C16H10F3NO. The van der Waals surface area contributed by atoms with Gasteiger partial charge in [-0.1, -0.05) is 18.2 Å². The molecule has 0 atom stereocenters. The molecule has 0 aliphatic carbocycles. The second kappa shape index (κ2) is 4.91. The highest BCUT2D eigenvalue weighted by atomic mass is 19.4. The fraction of sp³-hybridized carbons (Fsp3) is 0.125. The van der Waals surface area contributed by atoms with Crippen LogP contribution in [0.15, 0.2) is 42.5 Å². The highest BCUT2D eigenvalue weighted by Crippen LogP contribution is 2.32. The first-order valence-corrected chi connectivity index (χ1v) is 6.29. The predicted molar refractivity (Wildman–Crippen MR) is 72.5 cm³/mol. The fourth-order valence-electron chi connectivity index (χ4n) is 2.24. The van der Waals surface area contributed by atoms with Crippen molar-refractivity contribution in [3.8, 4) is 11.1 Å². The molecule has 1 heterocycles. The van der Waals surface area contributed by atoms with Crippen LogP contribution in [0.4, 0.5) is 18.9 Å². The Bertz CT molecular complexity index is 690. The maximum Gasteiger partial charge on any atom is 0.416 e. The van der Waals surface area contributed by atoms with E-state index in [0.29, 0.717) is 12.0 Å². The zero-order chi connectivity index (χ0) is 15.0. The van der Waals surface area contributed by atoms with Crippen molar-refractivity contribution in [3.63, 3.8) is 0 Å². The largest absolute Gasteiger partial charge is 0.416 e. The number of hydrogen-bond donors (Lipinski definition) is 1. The molecule has 0 saturated heterocycles. The second-order valence-electron chi connectivity index (χ2n) is 4.75. The van der Waals surface area contributed by atoms with E-state index in [4.69, 9.17) is 0 Å². The Hall–Kier alpha value is -2.30. The highest BCUT2D eigenvalue weighted by Gasteiger charge is 2.30. The van der Waals surface area contributed by atoms with Crippen molar-refractivity contribution < 1.29 is 18.0 Å². The van der Waals surface area contributed by atoms with E-state index >= 15 is 0 Å². The second-order valence-corrected chi connectivity index (χ2v) is 4.75. The molecule has 1 aliphatic heterocycles. The number of benzene rings is 2. The molecular weight excluding hydrogens is 279 g/mol. The number of carbonyl (C=O) groups excluding carboxylic acids is 1. The molecule has 2 radical (unpaired) electrons. The van der Waals surface area contributed by atoms with Gasteiger partial charge >= 0.3 is 6.18 Å². The topological polar surface area (TPSA) is 29.1 Å². The van der Waals surface area contributed by atoms with Gasteiger partial charge in [0.25, 0.3) is 0 Å². The normalized spacial score (nSPS) is 14.5. The smallest absolute Gasteiger partial charge is 0.325 e. The average molecular weight is 289 g/mol. The summed E-state index contributed by atoms with van der Waals surface area (Å²) in [6.45, 7) is 0. The number of carbonyl (C=O) groups is 1. The van der Waals surface area contributed by atoms with Crippen LogP contribution < -0.4 is 5.32 Å². The molecule has 0 aromatic heterocycles. The van der Waals surface area contributed by atoms with Crippen molar-refractivity contribution in [2.24, 2.45) is 0 Å². The van der Waals surface area contributed by atoms with Gasteiger partial charge in [0.05, 0.1) is 12.0 Å². The minimum atomic E-state index is -4.33. The third kappa shape index (κ3) is 2.77. The fourth-order valence-corrected chi connectivity index (χ4v) is 2.24. The average Bonchev–Trinajstić information content (AvgIpc) is 2.46. The summed E-state index contributed by atoms with van der Waals surface area (Å²) in [5.41, 5.74) is 2.45. The van der Waals surface area contributed by atoms with Gasteiger partial charge < -0.3 is 5.32 Å². The van der Waals surface area contributed by atoms with Crippen molar-refractivity contribution in [1.82, 2.24) is 0 Å². The van der Waals surface area contributed by atoms with Gasteiger partial charge in [0.15, 0.2) is 0 Å². The molecule has 0 fully saturated rings. The summed E-state index contributed by atoms with van der Waals surface area (Å²) in [6.07, 6.45) is -1.29. The van der Waals surface area contributed by atoms with Gasteiger partial charge in [0, 0.05) is 5.69 Å². The third-order valence-electron chi connectivity index (χ3n) is 3.34. The summed E-state index contributed by atoms with van der Waals surface area (Å²) >= 11 is 0. The Balaban J connectivity index is 1.92. The SMILES string of the molecule is O=C1[C]Cc2cc(-c3ccc(C(F)(F)F)cc3)ccc2N1. The van der Waals surface area contributed by atoms with Crippen LogP contribution in [-0.2, 0) is 17.4 Å².